The van der Waals surface area contributed by atoms with Crippen LogP contribution in [0.5, 0.6) is 0 Å². The van der Waals surface area contributed by atoms with Crippen LogP contribution in [-0.2, 0) is 10.9 Å². The van der Waals surface area contributed by atoms with E-state index in [-0.39, 0.29) is 18.0 Å². The molecule has 0 aromatic heterocycles. The van der Waals surface area contributed by atoms with Crippen LogP contribution in [0.2, 0.25) is 0 Å². The van der Waals surface area contributed by atoms with Crippen LogP contribution in [0.15, 0.2) is 18.2 Å². The molecule has 0 aliphatic carbocycles. The van der Waals surface area contributed by atoms with E-state index in [0.29, 0.717) is 12.1 Å². The largest absolute Gasteiger partial charge is 0.451 e. The minimum Gasteiger partial charge on any atom is -0.451 e. The zero-order chi connectivity index (χ0) is 23.6. The van der Waals surface area contributed by atoms with Crippen molar-refractivity contribution in [2.45, 2.75) is 35.8 Å². The number of esters is 1. The molecule has 32 heavy (non-hydrogen) atoms. The van der Waals surface area contributed by atoms with Crippen molar-refractivity contribution < 1.29 is 42.4 Å². The van der Waals surface area contributed by atoms with Crippen molar-refractivity contribution in [2.75, 3.05) is 13.2 Å². The first-order valence-corrected chi connectivity index (χ1v) is 9.21. The van der Waals surface area contributed by atoms with Gasteiger partial charge in [0.1, 0.15) is 5.82 Å². The Morgan fingerprint density at radius 1 is 1.25 bits per heavy atom. The number of alkyl halides is 3. The maximum Gasteiger partial charge on any atom is 0.416 e. The molecular weight excluding hydrogens is 444 g/mol. The van der Waals surface area contributed by atoms with Gasteiger partial charge in [-0.15, -0.1) is 0 Å². The molecule has 4 atom stereocenters. The molecule has 1 aromatic carbocycles. The van der Waals surface area contributed by atoms with Crippen LogP contribution >= 0.6 is 0 Å². The van der Waals surface area contributed by atoms with E-state index in [1.54, 1.807) is 0 Å². The van der Waals surface area contributed by atoms with Crippen LogP contribution in [0.1, 0.15) is 15.9 Å². The summed E-state index contributed by atoms with van der Waals surface area (Å²) >= 11 is 0. The van der Waals surface area contributed by atoms with Gasteiger partial charge in [-0.1, -0.05) is 0 Å². The second kappa shape index (κ2) is 6.91. The molecule has 4 rings (SSSR count). The molecule has 1 aromatic rings. The summed E-state index contributed by atoms with van der Waals surface area (Å²) in [6.45, 7) is -1.07. The van der Waals surface area contributed by atoms with E-state index in [9.17, 15) is 37.7 Å². The molecule has 15 heteroatoms. The fourth-order valence-corrected chi connectivity index (χ4v) is 4.34. The quantitative estimate of drug-likeness (QED) is 0.150. The lowest BCUT2D eigenvalue weighted by atomic mass is 9.85. The fourth-order valence-electron chi connectivity index (χ4n) is 4.34. The van der Waals surface area contributed by atoms with Crippen LogP contribution in [0.3, 0.4) is 0 Å². The number of nitrogens with zero attached hydrogens (tertiary/aromatic N) is 1. The van der Waals surface area contributed by atoms with E-state index in [0.717, 1.165) is 4.90 Å². The Bertz CT molecular complexity index is 1000. The minimum absolute atomic E-state index is 0.195. The Hall–Kier alpha value is -3.17. The highest BCUT2D eigenvalue weighted by Gasteiger charge is 2.75. The first kappa shape index (κ1) is 22.0. The second-order valence-electron chi connectivity index (χ2n) is 7.63. The maximum atomic E-state index is 13.7. The van der Waals surface area contributed by atoms with Crippen LogP contribution < -0.4 is 16.0 Å². The third kappa shape index (κ3) is 3.03. The number of hydrogen-bond donors (Lipinski definition) is 8. The summed E-state index contributed by atoms with van der Waals surface area (Å²) in [5.74, 6) is -6.54. The van der Waals surface area contributed by atoms with Crippen LogP contribution in [0.25, 0.3) is 0 Å². The molecule has 0 radical (unpaired) electrons. The van der Waals surface area contributed by atoms with Gasteiger partial charge < -0.3 is 40.9 Å². The summed E-state index contributed by atoms with van der Waals surface area (Å²) in [6.07, 6.45) is -6.76. The number of carbonyl (C=O) groups excluding carboxylic acids is 1. The van der Waals surface area contributed by atoms with Gasteiger partial charge in [-0.3, -0.25) is 10.8 Å². The average molecular weight is 462 g/mol. The van der Waals surface area contributed by atoms with E-state index in [2.05, 4.69) is 16.0 Å². The van der Waals surface area contributed by atoms with E-state index in [1.165, 1.54) is 0 Å². The first-order chi connectivity index (χ1) is 14.8. The number of benzene rings is 1. The summed E-state index contributed by atoms with van der Waals surface area (Å²) < 4.78 is 57.5. The Morgan fingerprint density at radius 2 is 1.94 bits per heavy atom. The molecule has 1 spiro atoms. The van der Waals surface area contributed by atoms with Gasteiger partial charge in [0, 0.05) is 0 Å². The predicted octanol–water partition coefficient (Wildman–Crippen LogP) is -1.54. The van der Waals surface area contributed by atoms with E-state index < -0.39 is 71.9 Å². The highest BCUT2D eigenvalue weighted by atomic mass is 19.4. The summed E-state index contributed by atoms with van der Waals surface area (Å²) in [5, 5.41) is 55.3. The number of halogens is 4. The number of aliphatic hydroxyl groups is 3. The summed E-state index contributed by atoms with van der Waals surface area (Å²) in [6, 6.07) is -0.964. The van der Waals surface area contributed by atoms with Crippen molar-refractivity contribution in [1.29, 1.82) is 10.8 Å². The van der Waals surface area contributed by atoms with Gasteiger partial charge in [-0.25, -0.2) is 9.18 Å². The third-order valence-electron chi connectivity index (χ3n) is 5.75. The molecule has 0 unspecified atom stereocenters. The van der Waals surface area contributed by atoms with Crippen molar-refractivity contribution in [3.63, 3.8) is 0 Å². The summed E-state index contributed by atoms with van der Waals surface area (Å²) in [5.41, 5.74) is -4.26. The lowest BCUT2D eigenvalue weighted by molar-refractivity contribution is -0.258. The number of aliphatic hydroxyl groups excluding tert-OH is 1. The highest BCUT2D eigenvalue weighted by molar-refractivity contribution is 5.90. The van der Waals surface area contributed by atoms with Crippen LogP contribution in [0, 0.1) is 16.6 Å². The molecule has 11 nitrogen and oxygen atoms in total. The number of hydrogen-bond acceptors (Lipinski definition) is 7. The Kier molecular flexibility index (Phi) is 4.76. The smallest absolute Gasteiger partial charge is 0.416 e. The van der Waals surface area contributed by atoms with Crippen molar-refractivity contribution in [3.8, 4) is 0 Å². The Balaban J connectivity index is 1.67. The van der Waals surface area contributed by atoms with E-state index in [1.807, 2.05) is 0 Å². The molecule has 174 valence electrons. The number of carbonyl (C=O) groups is 1. The second-order valence-corrected chi connectivity index (χ2v) is 7.63. The van der Waals surface area contributed by atoms with Crippen molar-refractivity contribution in [3.05, 3.63) is 35.1 Å². The average Bonchev–Trinajstić information content (AvgIpc) is 3.15. The lowest BCUT2D eigenvalue weighted by Gasteiger charge is -2.50. The van der Waals surface area contributed by atoms with Gasteiger partial charge in [0.25, 0.3) is 0 Å². The Morgan fingerprint density at radius 3 is 2.56 bits per heavy atom. The molecule has 0 bridgehead atoms. The summed E-state index contributed by atoms with van der Waals surface area (Å²) in [7, 11) is 0. The van der Waals surface area contributed by atoms with Gasteiger partial charge in [0.05, 0.1) is 36.4 Å². The normalized spacial score (nSPS) is 30.7. The van der Waals surface area contributed by atoms with Crippen LogP contribution in [0.4, 0.5) is 17.6 Å². The zero-order valence-electron chi connectivity index (χ0n) is 16.0. The number of ether oxygens (including phenoxy) is 1. The van der Waals surface area contributed by atoms with Crippen molar-refractivity contribution in [1.82, 2.24) is 20.9 Å². The SMILES string of the molecule is N=C1N[C@H]2[C@H](CO)NC(=N)N3C[C@H](OC(=O)c4cc(F)cc(C(F)(F)F)c4)C(O)(O)[C@]23N1. The standard InChI is InChI=1S/C17H18F4N6O5/c18-8-2-6(1-7(3-8)17(19,20)21)12(29)32-10-4-27-14(23)24-9(5-28)11-15(27,16(10,30)31)26-13(22)25-11/h1-3,9-11,28,30-31H,4-5H2,(H2,23,24)(H3,22,25,26)/t9-,10-,11-,15-/m0/s1. The van der Waals surface area contributed by atoms with E-state index >= 15 is 0 Å². The minimum atomic E-state index is -4.94. The first-order valence-electron chi connectivity index (χ1n) is 9.21. The highest BCUT2D eigenvalue weighted by Crippen LogP contribution is 2.44. The van der Waals surface area contributed by atoms with E-state index in [4.69, 9.17) is 15.6 Å². The lowest BCUT2D eigenvalue weighted by Crippen LogP contribution is -2.80. The number of nitrogens with one attached hydrogen (secondary N) is 5. The van der Waals surface area contributed by atoms with Gasteiger partial charge in [-0.2, -0.15) is 13.2 Å². The molecule has 0 saturated carbocycles. The van der Waals surface area contributed by atoms with Gasteiger partial charge in [-0.05, 0) is 18.2 Å². The number of rotatable bonds is 3. The van der Waals surface area contributed by atoms with Gasteiger partial charge in [0.2, 0.25) is 5.79 Å². The zero-order valence-corrected chi connectivity index (χ0v) is 16.0. The molecule has 3 fully saturated rings. The fraction of sp³-hybridized carbons (Fsp3) is 0.471. The van der Waals surface area contributed by atoms with Crippen LogP contribution in [-0.4, -0.2) is 80.9 Å². The van der Waals surface area contributed by atoms with Crippen molar-refractivity contribution >= 4 is 17.9 Å². The topological polar surface area (TPSA) is 174 Å². The predicted molar refractivity (Wildman–Crippen MR) is 96.7 cm³/mol. The summed E-state index contributed by atoms with van der Waals surface area (Å²) in [4.78, 5) is 13.6. The molecule has 8 N–H and O–H groups in total. The number of guanidine groups is 2. The molecule has 3 aliphatic heterocycles. The molecule has 3 aliphatic rings. The Labute approximate surface area is 177 Å². The maximum absolute atomic E-state index is 13.7. The monoisotopic (exact) mass is 462 g/mol. The third-order valence-corrected chi connectivity index (χ3v) is 5.75. The van der Waals surface area contributed by atoms with Gasteiger partial charge in [0.15, 0.2) is 23.7 Å². The molecule has 0 amide bonds. The molecule has 3 heterocycles. The van der Waals surface area contributed by atoms with Crippen molar-refractivity contribution in [2.24, 2.45) is 0 Å². The van der Waals surface area contributed by atoms with Gasteiger partial charge >= 0.3 is 12.1 Å². The molecule has 3 saturated heterocycles. The molecular formula is C17H18F4N6O5.